The number of Topliss-reactive ketones (excluding diaryl/α,β-unsaturated/α-hetero) is 1. The van der Waals surface area contributed by atoms with E-state index in [0.29, 0.717) is 11.3 Å². The van der Waals surface area contributed by atoms with Crippen LogP contribution in [0.5, 0.6) is 0 Å². The number of anilines is 1. The van der Waals surface area contributed by atoms with Gasteiger partial charge in [-0.05, 0) is 25.1 Å². The number of hydrogen-bond donors (Lipinski definition) is 1. The minimum Gasteiger partial charge on any atom is -0.326 e. The first-order valence-corrected chi connectivity index (χ1v) is 3.90. The van der Waals surface area contributed by atoms with Crippen molar-refractivity contribution in [1.29, 1.82) is 0 Å². The van der Waals surface area contributed by atoms with Gasteiger partial charge in [0.2, 0.25) is 5.91 Å². The smallest absolute Gasteiger partial charge is 0.221 e. The van der Waals surface area contributed by atoms with Crippen LogP contribution in [0.1, 0.15) is 24.2 Å². The van der Waals surface area contributed by atoms with E-state index in [2.05, 4.69) is 11.4 Å². The second-order valence-corrected chi connectivity index (χ2v) is 2.73. The molecule has 3 heteroatoms. The number of carbonyl (C=O) groups excluding carboxylic acids is 2. The van der Waals surface area contributed by atoms with E-state index in [1.165, 1.54) is 13.8 Å². The second kappa shape index (κ2) is 3.85. The summed E-state index contributed by atoms with van der Waals surface area (Å²) in [5.74, 6) is -0.215. The largest absolute Gasteiger partial charge is 0.326 e. The molecule has 0 unspecified atom stereocenters. The molecule has 67 valence electrons. The molecule has 0 fully saturated rings. The maximum atomic E-state index is 10.9. The highest BCUT2D eigenvalue weighted by molar-refractivity contribution is 5.96. The minimum atomic E-state index is -0.152. The lowest BCUT2D eigenvalue weighted by Gasteiger charge is -2.02. The Labute approximate surface area is 76.8 Å². The Morgan fingerprint density at radius 3 is 2.62 bits per heavy atom. The van der Waals surface area contributed by atoms with Gasteiger partial charge in [0.25, 0.3) is 0 Å². The van der Waals surface area contributed by atoms with Crippen LogP contribution in [-0.4, -0.2) is 11.7 Å². The lowest BCUT2D eigenvalue weighted by atomic mass is 10.1. The first-order valence-electron chi connectivity index (χ1n) is 3.90. The van der Waals surface area contributed by atoms with E-state index in [0.717, 1.165) is 0 Å². The molecule has 0 aromatic heterocycles. The van der Waals surface area contributed by atoms with Gasteiger partial charge in [0, 0.05) is 18.2 Å². The van der Waals surface area contributed by atoms with Crippen molar-refractivity contribution in [2.45, 2.75) is 13.8 Å². The molecule has 0 aliphatic rings. The van der Waals surface area contributed by atoms with Crippen molar-refractivity contribution < 1.29 is 9.59 Å². The summed E-state index contributed by atoms with van der Waals surface area (Å²) in [6.07, 6.45) is 0. The molecule has 1 aromatic rings. The van der Waals surface area contributed by atoms with Gasteiger partial charge in [-0.3, -0.25) is 9.59 Å². The predicted molar refractivity (Wildman–Crippen MR) is 49.6 cm³/mol. The fourth-order valence-corrected chi connectivity index (χ4v) is 0.951. The first kappa shape index (κ1) is 9.45. The summed E-state index contributed by atoms with van der Waals surface area (Å²) in [4.78, 5) is 21.6. The number of ketones is 1. The summed E-state index contributed by atoms with van der Waals surface area (Å²) in [5, 5.41) is 2.59. The van der Waals surface area contributed by atoms with Crippen LogP contribution in [0.25, 0.3) is 0 Å². The summed E-state index contributed by atoms with van der Waals surface area (Å²) in [6.45, 7) is 2.88. The molecule has 0 saturated carbocycles. The molecule has 0 aliphatic carbocycles. The monoisotopic (exact) mass is 176 g/mol. The van der Waals surface area contributed by atoms with Gasteiger partial charge >= 0.3 is 0 Å². The Bertz CT molecular complexity index is 345. The average Bonchev–Trinajstić information content (AvgIpc) is 2.03. The van der Waals surface area contributed by atoms with Crippen LogP contribution in [0.15, 0.2) is 18.2 Å². The van der Waals surface area contributed by atoms with Crippen LogP contribution >= 0.6 is 0 Å². The van der Waals surface area contributed by atoms with Gasteiger partial charge < -0.3 is 5.32 Å². The van der Waals surface area contributed by atoms with Crippen LogP contribution in [-0.2, 0) is 4.79 Å². The van der Waals surface area contributed by atoms with E-state index in [1.807, 2.05) is 0 Å². The van der Waals surface area contributed by atoms with Crippen LogP contribution in [0, 0.1) is 6.07 Å². The lowest BCUT2D eigenvalue weighted by Crippen LogP contribution is -2.06. The fraction of sp³-hybridized carbons (Fsp3) is 0.200. The summed E-state index contributed by atoms with van der Waals surface area (Å²) in [6, 6.07) is 7.68. The van der Waals surface area contributed by atoms with Crippen molar-refractivity contribution in [3.63, 3.8) is 0 Å². The Morgan fingerprint density at radius 1 is 1.38 bits per heavy atom. The van der Waals surface area contributed by atoms with Crippen molar-refractivity contribution in [1.82, 2.24) is 0 Å². The molecule has 1 N–H and O–H groups in total. The number of amides is 1. The number of hydrogen-bond acceptors (Lipinski definition) is 2. The summed E-state index contributed by atoms with van der Waals surface area (Å²) >= 11 is 0. The molecule has 3 nitrogen and oxygen atoms in total. The summed E-state index contributed by atoms with van der Waals surface area (Å²) in [5.41, 5.74) is 1.10. The molecule has 0 heterocycles. The number of carbonyl (C=O) groups is 2. The molecular weight excluding hydrogens is 166 g/mol. The van der Waals surface area contributed by atoms with Gasteiger partial charge in [0.1, 0.15) is 0 Å². The Hall–Kier alpha value is -1.64. The van der Waals surface area contributed by atoms with Crippen molar-refractivity contribution in [2.24, 2.45) is 0 Å². The molecule has 0 saturated heterocycles. The zero-order chi connectivity index (χ0) is 9.84. The fourth-order valence-electron chi connectivity index (χ4n) is 0.951. The first-order chi connectivity index (χ1) is 6.09. The van der Waals surface area contributed by atoms with Crippen LogP contribution in [0.4, 0.5) is 5.69 Å². The molecule has 0 atom stereocenters. The number of benzene rings is 1. The van der Waals surface area contributed by atoms with Crippen molar-refractivity contribution in [2.75, 3.05) is 5.32 Å². The van der Waals surface area contributed by atoms with Gasteiger partial charge in [-0.15, -0.1) is 0 Å². The van der Waals surface area contributed by atoms with Gasteiger partial charge in [-0.1, -0.05) is 6.07 Å². The molecule has 13 heavy (non-hydrogen) atoms. The van der Waals surface area contributed by atoms with E-state index in [9.17, 15) is 9.59 Å². The van der Waals surface area contributed by atoms with Crippen LogP contribution < -0.4 is 5.32 Å². The summed E-state index contributed by atoms with van der Waals surface area (Å²) < 4.78 is 0. The van der Waals surface area contributed by atoms with E-state index in [1.54, 1.807) is 18.2 Å². The third-order valence-corrected chi connectivity index (χ3v) is 1.50. The molecule has 1 aromatic carbocycles. The average molecular weight is 176 g/mol. The maximum absolute atomic E-state index is 10.9. The van der Waals surface area contributed by atoms with E-state index < -0.39 is 0 Å². The van der Waals surface area contributed by atoms with Gasteiger partial charge in [0.15, 0.2) is 5.78 Å². The highest BCUT2D eigenvalue weighted by Gasteiger charge is 2.01. The molecule has 1 rings (SSSR count). The van der Waals surface area contributed by atoms with Crippen LogP contribution in [0.2, 0.25) is 0 Å². The molecule has 0 aliphatic heterocycles. The highest BCUT2D eigenvalue weighted by atomic mass is 16.1. The second-order valence-electron chi connectivity index (χ2n) is 2.73. The Balaban J connectivity index is 2.91. The standard InChI is InChI=1S/C10H10NO2/c1-7(12)9-4-3-5-10(6-9)11-8(2)13/h3,5-6H,1-2H3,(H,11,13). The minimum absolute atomic E-state index is 0.0628. The zero-order valence-corrected chi connectivity index (χ0v) is 7.55. The van der Waals surface area contributed by atoms with Crippen molar-refractivity contribution >= 4 is 17.4 Å². The number of nitrogens with one attached hydrogen (secondary N) is 1. The molecule has 1 amide bonds. The normalized spacial score (nSPS) is 9.38. The third-order valence-electron chi connectivity index (χ3n) is 1.50. The Morgan fingerprint density at radius 2 is 2.08 bits per heavy atom. The highest BCUT2D eigenvalue weighted by Crippen LogP contribution is 2.10. The van der Waals surface area contributed by atoms with Crippen molar-refractivity contribution in [3.05, 3.63) is 29.8 Å². The molecule has 0 bridgehead atoms. The quantitative estimate of drug-likeness (QED) is 0.696. The van der Waals surface area contributed by atoms with Crippen LogP contribution in [0.3, 0.4) is 0 Å². The van der Waals surface area contributed by atoms with Crippen molar-refractivity contribution in [3.8, 4) is 0 Å². The topological polar surface area (TPSA) is 46.2 Å². The molecule has 0 spiro atoms. The van der Waals surface area contributed by atoms with Gasteiger partial charge in [-0.2, -0.15) is 0 Å². The van der Waals surface area contributed by atoms with E-state index >= 15 is 0 Å². The summed E-state index contributed by atoms with van der Waals surface area (Å²) in [7, 11) is 0. The van der Waals surface area contributed by atoms with Gasteiger partial charge in [0.05, 0.1) is 0 Å². The zero-order valence-electron chi connectivity index (χ0n) is 7.55. The molecule has 1 radical (unpaired) electrons. The predicted octanol–water partition coefficient (Wildman–Crippen LogP) is 1.65. The molecular formula is C10H10NO2. The van der Waals surface area contributed by atoms with Gasteiger partial charge in [-0.25, -0.2) is 0 Å². The van der Waals surface area contributed by atoms with E-state index in [4.69, 9.17) is 0 Å². The van der Waals surface area contributed by atoms with E-state index in [-0.39, 0.29) is 11.7 Å². The maximum Gasteiger partial charge on any atom is 0.221 e. The third kappa shape index (κ3) is 2.71. The lowest BCUT2D eigenvalue weighted by molar-refractivity contribution is -0.114. The Kier molecular flexibility index (Phi) is 2.80. The SMILES string of the molecule is CC(=O)Nc1cc[c]c(C(C)=O)c1. The number of rotatable bonds is 2.